The molecule has 1 aliphatic rings. The second kappa shape index (κ2) is 8.40. The monoisotopic (exact) mass is 494 g/mol. The maximum absolute atomic E-state index is 13.0. The van der Waals surface area contributed by atoms with Gasteiger partial charge in [-0.25, -0.2) is 9.69 Å². The largest absolute Gasteiger partial charge is 0.457 e. The minimum Gasteiger partial charge on any atom is -0.457 e. The summed E-state index contributed by atoms with van der Waals surface area (Å²) >= 11 is 24.1. The number of hydrogen-bond donors (Lipinski definition) is 1. The molecule has 6 nitrogen and oxygen atoms in total. The van der Waals surface area contributed by atoms with Crippen LogP contribution in [0, 0.1) is 0 Å². The molecule has 2 aromatic carbocycles. The van der Waals surface area contributed by atoms with Gasteiger partial charge in [0.1, 0.15) is 17.1 Å². The van der Waals surface area contributed by atoms with Crippen molar-refractivity contribution >= 4 is 76.0 Å². The highest BCUT2D eigenvalue weighted by molar-refractivity contribution is 6.46. The molecule has 0 unspecified atom stereocenters. The van der Waals surface area contributed by atoms with Crippen LogP contribution < -0.4 is 10.2 Å². The van der Waals surface area contributed by atoms with Crippen LogP contribution in [0.15, 0.2) is 58.5 Å². The molecule has 0 radical (unpaired) electrons. The van der Waals surface area contributed by atoms with Gasteiger partial charge in [-0.1, -0.05) is 52.5 Å². The first-order valence-electron chi connectivity index (χ1n) is 8.67. The van der Waals surface area contributed by atoms with Crippen LogP contribution in [0.5, 0.6) is 0 Å². The minimum atomic E-state index is -0.938. The highest BCUT2D eigenvalue weighted by atomic mass is 35.5. The molecule has 0 spiro atoms. The van der Waals surface area contributed by atoms with Crippen molar-refractivity contribution in [2.24, 2.45) is 0 Å². The van der Waals surface area contributed by atoms with Crippen LogP contribution in [-0.2, 0) is 9.59 Å². The molecule has 1 saturated heterocycles. The number of nitrogens with one attached hydrogen (secondary N) is 1. The van der Waals surface area contributed by atoms with Gasteiger partial charge in [-0.15, -0.1) is 0 Å². The molecule has 0 saturated carbocycles. The van der Waals surface area contributed by atoms with Crippen molar-refractivity contribution < 1.29 is 18.8 Å². The standard InChI is InChI=1S/C21H10Cl4N2O4/c22-13-6-4-10(8-15(13)24)17-7-5-11(31-17)9-12-19(28)26-21(30)27(20(12)29)16-3-1-2-14(23)18(16)25/h1-9H,(H,26,28,30)/b12-9-. The number of amides is 4. The Balaban J connectivity index is 1.70. The van der Waals surface area contributed by atoms with E-state index in [0.29, 0.717) is 21.4 Å². The van der Waals surface area contributed by atoms with E-state index in [0.717, 1.165) is 4.90 Å². The lowest BCUT2D eigenvalue weighted by atomic mass is 10.1. The quantitative estimate of drug-likeness (QED) is 0.345. The van der Waals surface area contributed by atoms with E-state index in [-0.39, 0.29) is 27.1 Å². The van der Waals surface area contributed by atoms with E-state index in [2.05, 4.69) is 5.32 Å². The van der Waals surface area contributed by atoms with Crippen molar-refractivity contribution in [3.05, 3.63) is 80.0 Å². The zero-order chi connectivity index (χ0) is 22.3. The maximum atomic E-state index is 13.0. The molecule has 2 heterocycles. The molecular formula is C21H10Cl4N2O4. The molecule has 156 valence electrons. The Morgan fingerprint density at radius 2 is 1.65 bits per heavy atom. The highest BCUT2D eigenvalue weighted by Crippen LogP contribution is 2.35. The third-order valence-electron chi connectivity index (χ3n) is 4.39. The summed E-state index contributed by atoms with van der Waals surface area (Å²) < 4.78 is 5.71. The summed E-state index contributed by atoms with van der Waals surface area (Å²) in [6.45, 7) is 0. The molecule has 1 aromatic heterocycles. The molecule has 0 aliphatic carbocycles. The first-order chi connectivity index (χ1) is 14.8. The Labute approximate surface area is 195 Å². The van der Waals surface area contributed by atoms with Crippen molar-refractivity contribution in [2.45, 2.75) is 0 Å². The van der Waals surface area contributed by atoms with Crippen molar-refractivity contribution in [3.8, 4) is 11.3 Å². The molecule has 1 N–H and O–H groups in total. The predicted molar refractivity (Wildman–Crippen MR) is 120 cm³/mol. The van der Waals surface area contributed by atoms with Gasteiger partial charge < -0.3 is 4.42 Å². The summed E-state index contributed by atoms with van der Waals surface area (Å²) in [5, 5.41) is 3.01. The number of benzene rings is 2. The number of carbonyl (C=O) groups is 3. The maximum Gasteiger partial charge on any atom is 0.336 e. The van der Waals surface area contributed by atoms with Gasteiger partial charge in [0.05, 0.1) is 25.8 Å². The smallest absolute Gasteiger partial charge is 0.336 e. The average Bonchev–Trinajstić information content (AvgIpc) is 3.19. The molecule has 10 heteroatoms. The summed E-state index contributed by atoms with van der Waals surface area (Å²) in [4.78, 5) is 38.4. The van der Waals surface area contributed by atoms with Crippen LogP contribution in [0.25, 0.3) is 17.4 Å². The van der Waals surface area contributed by atoms with E-state index in [9.17, 15) is 14.4 Å². The lowest BCUT2D eigenvalue weighted by Gasteiger charge is -2.27. The topological polar surface area (TPSA) is 79.6 Å². The van der Waals surface area contributed by atoms with Gasteiger partial charge in [0.25, 0.3) is 11.8 Å². The minimum absolute atomic E-state index is 0.00117. The summed E-state index contributed by atoms with van der Waals surface area (Å²) in [6, 6.07) is 11.7. The number of barbiturate groups is 1. The fourth-order valence-electron chi connectivity index (χ4n) is 2.92. The van der Waals surface area contributed by atoms with Crippen LogP contribution in [0.1, 0.15) is 5.76 Å². The van der Waals surface area contributed by atoms with Crippen LogP contribution in [0.2, 0.25) is 20.1 Å². The van der Waals surface area contributed by atoms with E-state index in [1.165, 1.54) is 24.3 Å². The number of anilines is 1. The molecule has 0 atom stereocenters. The molecule has 3 aromatic rings. The number of nitrogens with zero attached hydrogens (tertiary/aromatic N) is 1. The number of imide groups is 2. The summed E-state index contributed by atoms with van der Waals surface area (Å²) in [7, 11) is 0. The molecular weight excluding hydrogens is 486 g/mol. The lowest BCUT2D eigenvalue weighted by Crippen LogP contribution is -2.54. The number of urea groups is 1. The molecule has 4 amide bonds. The summed E-state index contributed by atoms with van der Waals surface area (Å²) in [5.41, 5.74) is 0.387. The van der Waals surface area contributed by atoms with Crippen molar-refractivity contribution in [2.75, 3.05) is 4.90 Å². The number of hydrogen-bond acceptors (Lipinski definition) is 4. The second-order valence-corrected chi connectivity index (χ2v) is 7.96. The fourth-order valence-corrected chi connectivity index (χ4v) is 3.60. The molecule has 31 heavy (non-hydrogen) atoms. The molecule has 0 bridgehead atoms. The van der Waals surface area contributed by atoms with Crippen molar-refractivity contribution in [1.82, 2.24) is 5.32 Å². The normalized spacial score (nSPS) is 15.5. The highest BCUT2D eigenvalue weighted by Gasteiger charge is 2.38. The number of carbonyl (C=O) groups excluding carboxylic acids is 3. The van der Waals surface area contributed by atoms with Crippen LogP contribution in [0.4, 0.5) is 10.5 Å². The molecule has 4 rings (SSSR count). The number of rotatable bonds is 3. The summed E-state index contributed by atoms with van der Waals surface area (Å²) in [5.74, 6) is -1.08. The first kappa shape index (κ1) is 21.5. The van der Waals surface area contributed by atoms with E-state index < -0.39 is 17.8 Å². The number of halogens is 4. The summed E-state index contributed by atoms with van der Waals surface area (Å²) in [6.07, 6.45) is 1.23. The first-order valence-corrected chi connectivity index (χ1v) is 10.2. The number of furan rings is 1. The third-order valence-corrected chi connectivity index (χ3v) is 5.94. The third kappa shape index (κ3) is 4.07. The van der Waals surface area contributed by atoms with Gasteiger partial charge in [0.15, 0.2) is 0 Å². The predicted octanol–water partition coefficient (Wildman–Crippen LogP) is 6.23. The Hall–Kier alpha value is -2.77. The van der Waals surface area contributed by atoms with Crippen molar-refractivity contribution in [3.63, 3.8) is 0 Å². The zero-order valence-corrected chi connectivity index (χ0v) is 18.3. The van der Waals surface area contributed by atoms with Gasteiger partial charge >= 0.3 is 6.03 Å². The van der Waals surface area contributed by atoms with E-state index in [1.54, 1.807) is 30.3 Å². The SMILES string of the molecule is O=C1NC(=O)N(c2cccc(Cl)c2Cl)C(=O)/C1=C\c1ccc(-c2ccc(Cl)c(Cl)c2)o1. The van der Waals surface area contributed by atoms with Crippen LogP contribution in [-0.4, -0.2) is 17.8 Å². The van der Waals surface area contributed by atoms with Gasteiger partial charge in [-0.3, -0.25) is 14.9 Å². The van der Waals surface area contributed by atoms with Gasteiger partial charge in [0.2, 0.25) is 0 Å². The van der Waals surface area contributed by atoms with E-state index in [1.807, 2.05) is 0 Å². The zero-order valence-electron chi connectivity index (χ0n) is 15.3. The van der Waals surface area contributed by atoms with E-state index >= 15 is 0 Å². The average molecular weight is 496 g/mol. The Morgan fingerprint density at radius 1 is 0.871 bits per heavy atom. The van der Waals surface area contributed by atoms with E-state index in [4.69, 9.17) is 50.8 Å². The fraction of sp³-hybridized carbons (Fsp3) is 0. The van der Waals surface area contributed by atoms with Gasteiger partial charge in [0, 0.05) is 5.56 Å². The van der Waals surface area contributed by atoms with Gasteiger partial charge in [-0.2, -0.15) is 0 Å². The van der Waals surface area contributed by atoms with Gasteiger partial charge in [-0.05, 0) is 48.5 Å². The lowest BCUT2D eigenvalue weighted by molar-refractivity contribution is -0.122. The van der Waals surface area contributed by atoms with Crippen LogP contribution in [0.3, 0.4) is 0 Å². The van der Waals surface area contributed by atoms with Crippen molar-refractivity contribution in [1.29, 1.82) is 0 Å². The second-order valence-electron chi connectivity index (χ2n) is 6.36. The molecule has 1 fully saturated rings. The molecule has 1 aliphatic heterocycles. The Morgan fingerprint density at radius 3 is 2.39 bits per heavy atom. The Bertz CT molecular complexity index is 1280. The van der Waals surface area contributed by atoms with Crippen LogP contribution >= 0.6 is 46.4 Å². The Kier molecular flexibility index (Phi) is 5.81.